The highest BCUT2D eigenvalue weighted by Gasteiger charge is 2.42. The van der Waals surface area contributed by atoms with Crippen LogP contribution in [0.15, 0.2) is 78.5 Å². The van der Waals surface area contributed by atoms with E-state index in [1.54, 1.807) is 30.1 Å². The van der Waals surface area contributed by atoms with E-state index in [1.165, 1.54) is 38.5 Å². The molecule has 3 aromatic rings. The summed E-state index contributed by atoms with van der Waals surface area (Å²) in [5, 5.41) is 0. The molecule has 2 amide bonds. The molecule has 4 rings (SSSR count). The van der Waals surface area contributed by atoms with Gasteiger partial charge in [-0.1, -0.05) is 24.3 Å². The number of amides is 2. The van der Waals surface area contributed by atoms with Crippen LogP contribution in [0.4, 0.5) is 15.8 Å². The predicted molar refractivity (Wildman–Crippen MR) is 120 cm³/mol. The van der Waals surface area contributed by atoms with Crippen molar-refractivity contribution in [3.63, 3.8) is 0 Å². The standard InChI is InChI=1S/C25H21FN2O4/c1-27(18-7-5-4-6-8-18)23-22(16-9-14-20(31-2)21(15-16)32-3)24(29)28(25(23)30)19-12-10-17(26)11-13-19/h4-15H,1-3H3. The van der Waals surface area contributed by atoms with E-state index in [9.17, 15) is 14.0 Å². The summed E-state index contributed by atoms with van der Waals surface area (Å²) in [5.74, 6) is -0.534. The van der Waals surface area contributed by atoms with Crippen LogP contribution in [0.25, 0.3) is 5.57 Å². The molecule has 0 atom stereocenters. The molecular weight excluding hydrogens is 411 g/mol. The minimum atomic E-state index is -0.508. The number of nitrogens with zero attached hydrogens (tertiary/aromatic N) is 2. The van der Waals surface area contributed by atoms with Crippen LogP contribution >= 0.6 is 0 Å². The van der Waals surface area contributed by atoms with Gasteiger partial charge in [0.05, 0.1) is 25.5 Å². The van der Waals surface area contributed by atoms with E-state index >= 15 is 0 Å². The van der Waals surface area contributed by atoms with Crippen LogP contribution in [0.1, 0.15) is 5.56 Å². The van der Waals surface area contributed by atoms with Crippen molar-refractivity contribution < 1.29 is 23.5 Å². The molecule has 0 aromatic heterocycles. The summed E-state index contributed by atoms with van der Waals surface area (Å²) in [5.41, 5.74) is 1.95. The fraction of sp³-hybridized carbons (Fsp3) is 0.120. The van der Waals surface area contributed by atoms with Gasteiger partial charge in [-0.3, -0.25) is 9.59 Å². The Hall–Kier alpha value is -4.13. The second-order valence-electron chi connectivity index (χ2n) is 7.11. The zero-order valence-electron chi connectivity index (χ0n) is 17.8. The first kappa shape index (κ1) is 21.1. The van der Waals surface area contributed by atoms with Gasteiger partial charge in [-0.2, -0.15) is 0 Å². The maximum absolute atomic E-state index is 13.6. The lowest BCUT2D eigenvalue weighted by Gasteiger charge is -2.21. The van der Waals surface area contributed by atoms with Gasteiger partial charge in [0, 0.05) is 12.7 Å². The fourth-order valence-corrected chi connectivity index (χ4v) is 3.69. The number of hydrogen-bond acceptors (Lipinski definition) is 5. The van der Waals surface area contributed by atoms with Crippen LogP contribution < -0.4 is 19.3 Å². The molecule has 1 aliphatic heterocycles. The van der Waals surface area contributed by atoms with Crippen molar-refractivity contribution in [1.29, 1.82) is 0 Å². The van der Waals surface area contributed by atoms with Crippen molar-refractivity contribution in [1.82, 2.24) is 0 Å². The van der Waals surface area contributed by atoms with Gasteiger partial charge in [-0.05, 0) is 54.1 Å². The topological polar surface area (TPSA) is 59.1 Å². The molecule has 0 aliphatic carbocycles. The Balaban J connectivity index is 1.89. The molecule has 0 unspecified atom stereocenters. The van der Waals surface area contributed by atoms with Gasteiger partial charge < -0.3 is 14.4 Å². The Labute approximate surface area is 185 Å². The molecule has 3 aromatic carbocycles. The molecule has 0 bridgehead atoms. The van der Waals surface area contributed by atoms with Crippen molar-refractivity contribution in [3.05, 3.63) is 89.9 Å². The monoisotopic (exact) mass is 432 g/mol. The summed E-state index contributed by atoms with van der Waals surface area (Å²) >= 11 is 0. The van der Waals surface area contributed by atoms with Crippen LogP contribution in [-0.4, -0.2) is 33.1 Å². The predicted octanol–water partition coefficient (Wildman–Crippen LogP) is 4.26. The summed E-state index contributed by atoms with van der Waals surface area (Å²) in [6.45, 7) is 0. The van der Waals surface area contributed by atoms with Crippen molar-refractivity contribution in [2.24, 2.45) is 0 Å². The SMILES string of the molecule is COc1ccc(C2=C(N(C)c3ccccc3)C(=O)N(c3ccc(F)cc3)C2=O)cc1OC. The lowest BCUT2D eigenvalue weighted by Crippen LogP contribution is -2.34. The smallest absolute Gasteiger partial charge is 0.282 e. The van der Waals surface area contributed by atoms with Crippen molar-refractivity contribution in [2.75, 3.05) is 31.1 Å². The van der Waals surface area contributed by atoms with Crippen LogP contribution in [0, 0.1) is 5.82 Å². The third-order valence-corrected chi connectivity index (χ3v) is 5.30. The van der Waals surface area contributed by atoms with Gasteiger partial charge in [0.2, 0.25) is 0 Å². The highest BCUT2D eigenvalue weighted by Crippen LogP contribution is 2.38. The second-order valence-corrected chi connectivity index (χ2v) is 7.11. The van der Waals surface area contributed by atoms with Gasteiger partial charge in [0.1, 0.15) is 11.5 Å². The number of likely N-dealkylation sites (N-methyl/N-ethyl adjacent to an activating group) is 1. The van der Waals surface area contributed by atoms with Crippen molar-refractivity contribution >= 4 is 28.8 Å². The maximum atomic E-state index is 13.6. The first-order chi connectivity index (χ1) is 15.5. The number of carbonyl (C=O) groups is 2. The largest absolute Gasteiger partial charge is 0.493 e. The number of ether oxygens (including phenoxy) is 2. The minimum Gasteiger partial charge on any atom is -0.493 e. The number of halogens is 1. The van der Waals surface area contributed by atoms with E-state index in [0.717, 1.165) is 10.6 Å². The molecular formula is C25H21FN2O4. The first-order valence-electron chi connectivity index (χ1n) is 9.86. The zero-order valence-corrected chi connectivity index (χ0v) is 17.8. The Bertz CT molecular complexity index is 1210. The first-order valence-corrected chi connectivity index (χ1v) is 9.86. The summed E-state index contributed by atoms with van der Waals surface area (Å²) in [4.78, 5) is 29.8. The fourth-order valence-electron chi connectivity index (χ4n) is 3.69. The maximum Gasteiger partial charge on any atom is 0.282 e. The van der Waals surface area contributed by atoms with Gasteiger partial charge in [-0.15, -0.1) is 0 Å². The van der Waals surface area contributed by atoms with E-state index in [2.05, 4.69) is 0 Å². The van der Waals surface area contributed by atoms with Crippen molar-refractivity contribution in [2.45, 2.75) is 0 Å². The molecule has 6 nitrogen and oxygen atoms in total. The molecule has 1 aliphatic rings. The molecule has 0 fully saturated rings. The molecule has 0 radical (unpaired) electrons. The quantitative estimate of drug-likeness (QED) is 0.545. The van der Waals surface area contributed by atoms with Gasteiger partial charge in [0.15, 0.2) is 11.5 Å². The normalized spacial score (nSPS) is 13.6. The van der Waals surface area contributed by atoms with Gasteiger partial charge in [-0.25, -0.2) is 9.29 Å². The van der Waals surface area contributed by atoms with Gasteiger partial charge >= 0.3 is 0 Å². The van der Waals surface area contributed by atoms with Crippen LogP contribution in [-0.2, 0) is 9.59 Å². The molecule has 0 spiro atoms. The van der Waals surface area contributed by atoms with E-state index < -0.39 is 17.6 Å². The minimum absolute atomic E-state index is 0.206. The van der Waals surface area contributed by atoms with E-state index in [-0.39, 0.29) is 17.0 Å². The Kier molecular flexibility index (Phi) is 5.64. The third-order valence-electron chi connectivity index (χ3n) is 5.30. The highest BCUT2D eigenvalue weighted by atomic mass is 19.1. The summed E-state index contributed by atoms with van der Waals surface area (Å²) < 4.78 is 24.1. The second kappa shape index (κ2) is 8.55. The summed E-state index contributed by atoms with van der Waals surface area (Å²) in [7, 11) is 4.75. The average Bonchev–Trinajstić information content (AvgIpc) is 3.09. The van der Waals surface area contributed by atoms with E-state index in [1.807, 2.05) is 30.3 Å². The molecule has 1 heterocycles. The van der Waals surface area contributed by atoms with Crippen LogP contribution in [0.5, 0.6) is 11.5 Å². The summed E-state index contributed by atoms with van der Waals surface area (Å²) in [6, 6.07) is 19.5. The number of benzene rings is 3. The summed E-state index contributed by atoms with van der Waals surface area (Å²) in [6.07, 6.45) is 0. The lowest BCUT2D eigenvalue weighted by atomic mass is 10.0. The number of rotatable bonds is 6. The molecule has 162 valence electrons. The number of para-hydroxylation sites is 1. The molecule has 7 heteroatoms. The Morgan fingerprint density at radius 2 is 1.47 bits per heavy atom. The van der Waals surface area contributed by atoms with E-state index in [0.29, 0.717) is 17.1 Å². The highest BCUT2D eigenvalue weighted by molar-refractivity contribution is 6.46. The van der Waals surface area contributed by atoms with E-state index in [4.69, 9.17) is 9.47 Å². The molecule has 0 saturated carbocycles. The number of anilines is 2. The Morgan fingerprint density at radius 1 is 0.812 bits per heavy atom. The number of methoxy groups -OCH3 is 2. The average molecular weight is 432 g/mol. The number of hydrogen-bond donors (Lipinski definition) is 0. The number of imide groups is 1. The zero-order chi connectivity index (χ0) is 22.8. The van der Waals surface area contributed by atoms with Crippen LogP contribution in [0.2, 0.25) is 0 Å². The van der Waals surface area contributed by atoms with Gasteiger partial charge in [0.25, 0.3) is 11.8 Å². The molecule has 0 saturated heterocycles. The molecule has 32 heavy (non-hydrogen) atoms. The van der Waals surface area contributed by atoms with Crippen molar-refractivity contribution in [3.8, 4) is 11.5 Å². The Morgan fingerprint density at radius 3 is 2.09 bits per heavy atom. The number of carbonyl (C=O) groups excluding carboxylic acids is 2. The third kappa shape index (κ3) is 3.58. The lowest BCUT2D eigenvalue weighted by molar-refractivity contribution is -0.120. The van der Waals surface area contributed by atoms with Crippen LogP contribution in [0.3, 0.4) is 0 Å². The molecule has 0 N–H and O–H groups in total.